The summed E-state index contributed by atoms with van der Waals surface area (Å²) in [4.78, 5) is 24.0. The third-order valence-electron chi connectivity index (χ3n) is 5.51. The van der Waals surface area contributed by atoms with Crippen LogP contribution in [0.2, 0.25) is 0 Å². The summed E-state index contributed by atoms with van der Waals surface area (Å²) in [6.45, 7) is 0.920. The number of ether oxygens (including phenoxy) is 1. The summed E-state index contributed by atoms with van der Waals surface area (Å²) in [5.41, 5.74) is -4.38. The van der Waals surface area contributed by atoms with Crippen molar-refractivity contribution in [1.29, 1.82) is 5.26 Å². The second kappa shape index (κ2) is 10.6. The summed E-state index contributed by atoms with van der Waals surface area (Å²) in [5.74, 6) is -2.96. The molecule has 0 aliphatic rings. The average molecular weight is 547 g/mol. The lowest BCUT2D eigenvalue weighted by atomic mass is 10.0. The van der Waals surface area contributed by atoms with E-state index in [1.807, 2.05) is 0 Å². The predicted molar refractivity (Wildman–Crippen MR) is 132 cm³/mol. The van der Waals surface area contributed by atoms with Crippen LogP contribution in [0.5, 0.6) is 0 Å². The number of methoxy groups -OCH3 is 1. The Labute approximate surface area is 215 Å². The fourth-order valence-corrected chi connectivity index (χ4v) is 5.51. The van der Waals surface area contributed by atoms with Crippen molar-refractivity contribution in [3.63, 3.8) is 0 Å². The van der Waals surface area contributed by atoms with Gasteiger partial charge in [0.1, 0.15) is 0 Å². The van der Waals surface area contributed by atoms with Crippen LogP contribution in [0.15, 0.2) is 65.6 Å². The van der Waals surface area contributed by atoms with Gasteiger partial charge in [-0.3, -0.25) is 4.79 Å². The molecule has 0 aromatic heterocycles. The number of esters is 1. The van der Waals surface area contributed by atoms with Gasteiger partial charge in [-0.1, -0.05) is 30.3 Å². The number of amides is 1. The zero-order valence-corrected chi connectivity index (χ0v) is 20.9. The van der Waals surface area contributed by atoms with E-state index in [1.165, 1.54) is 43.5 Å². The third-order valence-corrected chi connectivity index (χ3v) is 7.48. The topological polar surface area (TPSA) is 134 Å². The maximum Gasteiger partial charge on any atom is 0.417 e. The molecule has 8 nitrogen and oxygen atoms in total. The van der Waals surface area contributed by atoms with E-state index < -0.39 is 50.4 Å². The van der Waals surface area contributed by atoms with Crippen molar-refractivity contribution in [3.05, 3.63) is 77.4 Å². The van der Waals surface area contributed by atoms with E-state index in [0.717, 1.165) is 19.1 Å². The highest BCUT2D eigenvalue weighted by molar-refractivity contribution is 7.91. The number of nitrogens with one attached hydrogen (secondary N) is 1. The molecule has 0 saturated carbocycles. The maximum absolute atomic E-state index is 13.3. The molecule has 1 amide bonds. The summed E-state index contributed by atoms with van der Waals surface area (Å²) >= 11 is 0. The van der Waals surface area contributed by atoms with Gasteiger partial charge in [-0.2, -0.15) is 18.4 Å². The molecule has 1 atom stereocenters. The number of fused-ring (bicyclic) bond motifs is 1. The molecule has 0 aliphatic heterocycles. The van der Waals surface area contributed by atoms with Crippen LogP contribution in [0.25, 0.3) is 16.8 Å². The quantitative estimate of drug-likeness (QED) is 0.337. The van der Waals surface area contributed by atoms with Crippen LogP contribution in [-0.4, -0.2) is 43.9 Å². The van der Waals surface area contributed by atoms with Crippen LogP contribution in [-0.2, 0) is 30.3 Å². The van der Waals surface area contributed by atoms with Crippen molar-refractivity contribution < 1.29 is 41.0 Å². The van der Waals surface area contributed by atoms with E-state index in [4.69, 9.17) is 5.26 Å². The largest absolute Gasteiger partial charge is 0.466 e. The fourth-order valence-electron chi connectivity index (χ4n) is 3.68. The number of carbonyl (C=O) groups is 2. The molecule has 38 heavy (non-hydrogen) atoms. The predicted octanol–water partition coefficient (Wildman–Crippen LogP) is 4.08. The molecule has 198 valence electrons. The number of anilines is 1. The Morgan fingerprint density at radius 1 is 1.11 bits per heavy atom. The molecule has 0 radical (unpaired) electrons. The Balaban J connectivity index is 1.92. The van der Waals surface area contributed by atoms with E-state index in [-0.39, 0.29) is 16.0 Å². The van der Waals surface area contributed by atoms with E-state index in [1.54, 1.807) is 18.2 Å². The fraction of sp³-hybridized carbons (Fsp3) is 0.192. The van der Waals surface area contributed by atoms with Gasteiger partial charge >= 0.3 is 12.1 Å². The van der Waals surface area contributed by atoms with Crippen LogP contribution in [0, 0.1) is 11.3 Å². The van der Waals surface area contributed by atoms with Gasteiger partial charge in [0.25, 0.3) is 5.91 Å². The highest BCUT2D eigenvalue weighted by atomic mass is 32.2. The summed E-state index contributed by atoms with van der Waals surface area (Å²) in [7, 11) is -3.12. The second-order valence-electron chi connectivity index (χ2n) is 8.41. The Bertz CT molecular complexity index is 1590. The van der Waals surface area contributed by atoms with Gasteiger partial charge in [-0.15, -0.1) is 0 Å². The first kappa shape index (κ1) is 28.4. The minimum absolute atomic E-state index is 0.200. The number of alkyl halides is 3. The van der Waals surface area contributed by atoms with Crippen LogP contribution in [0.3, 0.4) is 0 Å². The zero-order chi connectivity index (χ0) is 28.3. The molecule has 1 unspecified atom stereocenters. The number of nitrogens with zero attached hydrogens (tertiary/aromatic N) is 1. The molecule has 3 aromatic rings. The zero-order valence-electron chi connectivity index (χ0n) is 20.0. The van der Waals surface area contributed by atoms with Crippen molar-refractivity contribution in [3.8, 4) is 6.07 Å². The van der Waals surface area contributed by atoms with Gasteiger partial charge < -0.3 is 15.2 Å². The standard InChI is InChI=1S/C26H21F3N2O6S/c1-25(34,24(33)31-18-11-9-17(14-30)21(13-18)26(27,28)29)15-38(35,36)22-8-4-6-19-16(5-3-7-20(19)22)10-12-23(32)37-2/h3-13,34H,15H2,1-2H3,(H,31,33)/b12-10+. The number of hydrogen-bond donors (Lipinski definition) is 2. The number of rotatable bonds is 7. The maximum atomic E-state index is 13.3. The van der Waals surface area contributed by atoms with E-state index in [0.29, 0.717) is 17.0 Å². The minimum atomic E-state index is -4.88. The highest BCUT2D eigenvalue weighted by Crippen LogP contribution is 2.34. The number of nitriles is 1. The summed E-state index contributed by atoms with van der Waals surface area (Å²) in [6.07, 6.45) is -2.27. The molecule has 12 heteroatoms. The first-order valence-corrected chi connectivity index (χ1v) is 12.5. The van der Waals surface area contributed by atoms with Crippen molar-refractivity contribution in [1.82, 2.24) is 0 Å². The van der Waals surface area contributed by atoms with Crippen LogP contribution in [0.1, 0.15) is 23.6 Å². The minimum Gasteiger partial charge on any atom is -0.466 e. The molecule has 0 bridgehead atoms. The van der Waals surface area contributed by atoms with Crippen LogP contribution < -0.4 is 5.32 Å². The SMILES string of the molecule is COC(=O)/C=C/c1cccc2c(S(=O)(=O)CC(C)(O)C(=O)Nc3ccc(C#N)c(C(F)(F)F)c3)cccc12. The van der Waals surface area contributed by atoms with Crippen LogP contribution in [0.4, 0.5) is 18.9 Å². The Morgan fingerprint density at radius 2 is 1.76 bits per heavy atom. The smallest absolute Gasteiger partial charge is 0.417 e. The van der Waals surface area contributed by atoms with Gasteiger partial charge in [-0.25, -0.2) is 13.2 Å². The number of halogens is 3. The van der Waals surface area contributed by atoms with Crippen LogP contribution >= 0.6 is 0 Å². The van der Waals surface area contributed by atoms with E-state index in [2.05, 4.69) is 10.1 Å². The lowest BCUT2D eigenvalue weighted by molar-refractivity contribution is -0.138. The molecule has 0 aliphatic carbocycles. The second-order valence-corrected chi connectivity index (χ2v) is 10.4. The number of benzene rings is 3. The molecule has 3 rings (SSSR count). The van der Waals surface area contributed by atoms with E-state index >= 15 is 0 Å². The van der Waals surface area contributed by atoms with Crippen molar-refractivity contribution in [2.75, 3.05) is 18.2 Å². The molecule has 0 saturated heterocycles. The number of sulfone groups is 1. The van der Waals surface area contributed by atoms with Gasteiger partial charge in [-0.05, 0) is 48.2 Å². The number of hydrogen-bond acceptors (Lipinski definition) is 7. The highest BCUT2D eigenvalue weighted by Gasteiger charge is 2.38. The number of carbonyl (C=O) groups excluding carboxylic acids is 2. The van der Waals surface area contributed by atoms with Crippen molar-refractivity contribution in [2.24, 2.45) is 0 Å². The third kappa shape index (κ3) is 6.19. The normalized spacial score (nSPS) is 13.6. The molecule has 0 fully saturated rings. The monoisotopic (exact) mass is 546 g/mol. The Morgan fingerprint density at radius 3 is 2.39 bits per heavy atom. The lowest BCUT2D eigenvalue weighted by Crippen LogP contribution is -2.45. The van der Waals surface area contributed by atoms with Gasteiger partial charge in [0.2, 0.25) is 0 Å². The Hall–Kier alpha value is -4.21. The molecule has 3 aromatic carbocycles. The molecular weight excluding hydrogens is 525 g/mol. The molecule has 2 N–H and O–H groups in total. The molecular formula is C26H21F3N2O6S. The molecule has 0 spiro atoms. The lowest BCUT2D eigenvalue weighted by Gasteiger charge is -2.23. The van der Waals surface area contributed by atoms with Gasteiger partial charge in [0.15, 0.2) is 15.4 Å². The summed E-state index contributed by atoms with van der Waals surface area (Å²) in [6, 6.07) is 12.9. The van der Waals surface area contributed by atoms with Gasteiger partial charge in [0, 0.05) is 17.1 Å². The summed E-state index contributed by atoms with van der Waals surface area (Å²) < 4.78 is 70.9. The average Bonchev–Trinajstić information content (AvgIpc) is 2.85. The Kier molecular flexibility index (Phi) is 7.95. The summed E-state index contributed by atoms with van der Waals surface area (Å²) in [5, 5.41) is 22.5. The number of aliphatic hydroxyl groups is 1. The van der Waals surface area contributed by atoms with E-state index in [9.17, 15) is 36.3 Å². The van der Waals surface area contributed by atoms with Gasteiger partial charge in [0.05, 0.1) is 35.0 Å². The first-order valence-electron chi connectivity index (χ1n) is 10.9. The molecule has 0 heterocycles. The van der Waals surface area contributed by atoms with Crippen molar-refractivity contribution >= 4 is 44.2 Å². The first-order chi connectivity index (χ1) is 17.7. The van der Waals surface area contributed by atoms with Crippen molar-refractivity contribution in [2.45, 2.75) is 23.6 Å².